The van der Waals surface area contributed by atoms with Crippen molar-refractivity contribution in [3.8, 4) is 22.4 Å². The first-order valence-corrected chi connectivity index (χ1v) is 10.2. The second-order valence-electron chi connectivity index (χ2n) is 6.02. The first-order chi connectivity index (χ1) is 13.7. The Morgan fingerprint density at radius 1 is 0.857 bits per heavy atom. The lowest BCUT2D eigenvalue weighted by molar-refractivity contribution is 1.29. The summed E-state index contributed by atoms with van der Waals surface area (Å²) in [7, 11) is 0. The van der Waals surface area contributed by atoms with Crippen molar-refractivity contribution in [2.45, 2.75) is 0 Å². The standard InChI is InChI=1S/C22H15Cl2N3S/c23-19-11-10-18(20(24)12-19)13-25-27-22-26-21(14-28-22)17-8-6-16(7-9-17)15-4-2-1-3-5-15/h1-14H,(H,26,27). The average molecular weight is 424 g/mol. The van der Waals surface area contributed by atoms with E-state index in [9.17, 15) is 0 Å². The van der Waals surface area contributed by atoms with E-state index in [1.165, 1.54) is 22.5 Å². The molecule has 0 radical (unpaired) electrons. The highest BCUT2D eigenvalue weighted by molar-refractivity contribution is 7.14. The summed E-state index contributed by atoms with van der Waals surface area (Å²) in [5, 5.41) is 8.07. The monoisotopic (exact) mass is 423 g/mol. The summed E-state index contributed by atoms with van der Waals surface area (Å²) in [4.78, 5) is 4.59. The van der Waals surface area contributed by atoms with Crippen molar-refractivity contribution in [2.24, 2.45) is 5.10 Å². The molecule has 1 aromatic heterocycles. The summed E-state index contributed by atoms with van der Waals surface area (Å²) < 4.78 is 0. The van der Waals surface area contributed by atoms with Crippen molar-refractivity contribution < 1.29 is 0 Å². The summed E-state index contributed by atoms with van der Waals surface area (Å²) in [6, 6.07) is 24.0. The molecule has 4 rings (SSSR count). The number of nitrogens with zero attached hydrogens (tertiary/aromatic N) is 2. The number of hydrogen-bond acceptors (Lipinski definition) is 4. The molecule has 0 aliphatic carbocycles. The number of nitrogens with one attached hydrogen (secondary N) is 1. The van der Waals surface area contributed by atoms with E-state index in [4.69, 9.17) is 23.2 Å². The van der Waals surface area contributed by atoms with Crippen LogP contribution < -0.4 is 5.43 Å². The minimum atomic E-state index is 0.552. The first kappa shape index (κ1) is 18.7. The van der Waals surface area contributed by atoms with Gasteiger partial charge < -0.3 is 0 Å². The fourth-order valence-electron chi connectivity index (χ4n) is 2.68. The molecule has 0 aliphatic rings. The van der Waals surface area contributed by atoms with E-state index < -0.39 is 0 Å². The van der Waals surface area contributed by atoms with E-state index in [-0.39, 0.29) is 0 Å². The SMILES string of the molecule is Clc1ccc(C=NNc2nc(-c3ccc(-c4ccccc4)cc3)cs2)c(Cl)c1. The Labute approximate surface area is 177 Å². The van der Waals surface area contributed by atoms with Gasteiger partial charge in [0.1, 0.15) is 0 Å². The van der Waals surface area contributed by atoms with Gasteiger partial charge in [-0.25, -0.2) is 4.98 Å². The molecule has 0 atom stereocenters. The quantitative estimate of drug-likeness (QED) is 0.271. The van der Waals surface area contributed by atoms with Crippen LogP contribution in [0.4, 0.5) is 5.13 Å². The molecule has 0 saturated carbocycles. The van der Waals surface area contributed by atoms with E-state index in [2.05, 4.69) is 51.9 Å². The van der Waals surface area contributed by atoms with Crippen LogP contribution in [0.2, 0.25) is 10.0 Å². The Morgan fingerprint density at radius 2 is 1.57 bits per heavy atom. The molecular formula is C22H15Cl2N3S. The number of aromatic nitrogens is 1. The van der Waals surface area contributed by atoms with E-state index in [0.29, 0.717) is 15.2 Å². The molecule has 0 saturated heterocycles. The maximum Gasteiger partial charge on any atom is 0.203 e. The van der Waals surface area contributed by atoms with Gasteiger partial charge in [-0.3, -0.25) is 5.43 Å². The molecule has 1 heterocycles. The normalized spacial score (nSPS) is 11.1. The molecule has 6 heteroatoms. The fourth-order valence-corrected chi connectivity index (χ4v) is 3.81. The van der Waals surface area contributed by atoms with Crippen LogP contribution in [0.1, 0.15) is 5.56 Å². The Balaban J connectivity index is 1.45. The zero-order valence-electron chi connectivity index (χ0n) is 14.6. The number of halogens is 2. The molecule has 3 aromatic carbocycles. The lowest BCUT2D eigenvalue weighted by Gasteiger charge is -2.02. The number of rotatable bonds is 5. The Hall–Kier alpha value is -2.66. The van der Waals surface area contributed by atoms with E-state index >= 15 is 0 Å². The molecule has 0 spiro atoms. The van der Waals surface area contributed by atoms with Crippen LogP contribution in [0.15, 0.2) is 83.3 Å². The third kappa shape index (κ3) is 4.42. The molecule has 4 aromatic rings. The molecular weight excluding hydrogens is 409 g/mol. The van der Waals surface area contributed by atoms with Gasteiger partial charge in [-0.2, -0.15) is 5.10 Å². The van der Waals surface area contributed by atoms with Gasteiger partial charge >= 0.3 is 0 Å². The van der Waals surface area contributed by atoms with Crippen molar-refractivity contribution in [1.82, 2.24) is 4.98 Å². The second-order valence-corrected chi connectivity index (χ2v) is 7.72. The summed E-state index contributed by atoms with van der Waals surface area (Å²) in [5.41, 5.74) is 8.09. The Kier molecular flexibility index (Phi) is 5.72. The van der Waals surface area contributed by atoms with Crippen LogP contribution in [0, 0.1) is 0 Å². The molecule has 0 unspecified atom stereocenters. The maximum atomic E-state index is 6.14. The highest BCUT2D eigenvalue weighted by Crippen LogP contribution is 2.27. The van der Waals surface area contributed by atoms with Gasteiger partial charge in [-0.1, -0.05) is 83.9 Å². The number of anilines is 1. The largest absolute Gasteiger partial charge is 0.253 e. The van der Waals surface area contributed by atoms with Crippen molar-refractivity contribution in [2.75, 3.05) is 5.43 Å². The molecule has 0 bridgehead atoms. The molecule has 138 valence electrons. The fraction of sp³-hybridized carbons (Fsp3) is 0. The second kappa shape index (κ2) is 8.57. The zero-order valence-corrected chi connectivity index (χ0v) is 17.0. The molecule has 28 heavy (non-hydrogen) atoms. The molecule has 0 fully saturated rings. The first-order valence-electron chi connectivity index (χ1n) is 8.54. The summed E-state index contributed by atoms with van der Waals surface area (Å²) in [5.74, 6) is 0. The highest BCUT2D eigenvalue weighted by Gasteiger charge is 2.05. The van der Waals surface area contributed by atoms with Crippen LogP contribution in [0.5, 0.6) is 0 Å². The van der Waals surface area contributed by atoms with Crippen molar-refractivity contribution in [3.05, 3.63) is 93.8 Å². The predicted octanol–water partition coefficient (Wildman–Crippen LogP) is 7.23. The van der Waals surface area contributed by atoms with Gasteiger partial charge in [0, 0.05) is 21.5 Å². The Bertz CT molecular complexity index is 1110. The summed E-state index contributed by atoms with van der Waals surface area (Å²) in [6.07, 6.45) is 1.65. The number of hydrogen-bond donors (Lipinski definition) is 1. The third-order valence-corrected chi connectivity index (χ3v) is 5.43. The van der Waals surface area contributed by atoms with Gasteiger partial charge in [-0.05, 0) is 23.3 Å². The number of hydrazone groups is 1. The van der Waals surface area contributed by atoms with Gasteiger partial charge in [0.2, 0.25) is 5.13 Å². The number of thiazole rings is 1. The highest BCUT2D eigenvalue weighted by atomic mass is 35.5. The molecule has 3 nitrogen and oxygen atoms in total. The smallest absolute Gasteiger partial charge is 0.203 e. The molecule has 1 N–H and O–H groups in total. The Morgan fingerprint density at radius 3 is 2.32 bits per heavy atom. The van der Waals surface area contributed by atoms with Crippen LogP contribution in [-0.2, 0) is 0 Å². The molecule has 0 amide bonds. The topological polar surface area (TPSA) is 37.3 Å². The summed E-state index contributed by atoms with van der Waals surface area (Å²) in [6.45, 7) is 0. The minimum Gasteiger partial charge on any atom is -0.253 e. The van der Waals surface area contributed by atoms with E-state index in [1.54, 1.807) is 18.3 Å². The predicted molar refractivity (Wildman–Crippen MR) is 121 cm³/mol. The maximum absolute atomic E-state index is 6.14. The van der Waals surface area contributed by atoms with E-state index in [1.807, 2.05) is 29.6 Å². The van der Waals surface area contributed by atoms with Crippen molar-refractivity contribution in [3.63, 3.8) is 0 Å². The van der Waals surface area contributed by atoms with E-state index in [0.717, 1.165) is 16.8 Å². The third-order valence-electron chi connectivity index (χ3n) is 4.12. The van der Waals surface area contributed by atoms with Gasteiger partial charge in [0.05, 0.1) is 16.9 Å². The summed E-state index contributed by atoms with van der Waals surface area (Å²) >= 11 is 13.5. The van der Waals surface area contributed by atoms with Crippen molar-refractivity contribution in [1.29, 1.82) is 0 Å². The molecule has 0 aliphatic heterocycles. The zero-order chi connectivity index (χ0) is 19.3. The van der Waals surface area contributed by atoms with Gasteiger partial charge in [-0.15, -0.1) is 11.3 Å². The van der Waals surface area contributed by atoms with Gasteiger partial charge in [0.15, 0.2) is 0 Å². The van der Waals surface area contributed by atoms with Crippen LogP contribution in [0.25, 0.3) is 22.4 Å². The van der Waals surface area contributed by atoms with Gasteiger partial charge in [0.25, 0.3) is 0 Å². The lowest BCUT2D eigenvalue weighted by atomic mass is 10.0. The van der Waals surface area contributed by atoms with Crippen LogP contribution in [0.3, 0.4) is 0 Å². The van der Waals surface area contributed by atoms with Crippen LogP contribution in [-0.4, -0.2) is 11.2 Å². The van der Waals surface area contributed by atoms with Crippen molar-refractivity contribution >= 4 is 45.9 Å². The number of benzene rings is 3. The van der Waals surface area contributed by atoms with Crippen LogP contribution >= 0.6 is 34.5 Å². The minimum absolute atomic E-state index is 0.552. The average Bonchev–Trinajstić information content (AvgIpc) is 3.19. The lowest BCUT2D eigenvalue weighted by Crippen LogP contribution is -1.91.